The highest BCUT2D eigenvalue weighted by Crippen LogP contribution is 2.22. The molecule has 0 saturated carbocycles. The molecule has 32 heavy (non-hydrogen) atoms. The minimum Gasteiger partial charge on any atom is -0.354 e. The van der Waals surface area contributed by atoms with Crippen LogP contribution in [0.5, 0.6) is 0 Å². The number of carbonyl (C=O) groups excluding carboxylic acids is 2. The van der Waals surface area contributed by atoms with E-state index in [1.54, 1.807) is 0 Å². The summed E-state index contributed by atoms with van der Waals surface area (Å²) in [6.07, 6.45) is 5.32. The van der Waals surface area contributed by atoms with Gasteiger partial charge in [-0.3, -0.25) is 19.4 Å². The topological polar surface area (TPSA) is 129 Å². The molecule has 2 aromatic heterocycles. The fraction of sp³-hybridized carbons (Fsp3) is 0.304. The molecular formula is C23H25N5O4. The van der Waals surface area contributed by atoms with Crippen molar-refractivity contribution >= 4 is 11.8 Å². The molecule has 0 spiro atoms. The van der Waals surface area contributed by atoms with Crippen LogP contribution < -0.4 is 21.9 Å². The van der Waals surface area contributed by atoms with E-state index in [9.17, 15) is 19.2 Å². The maximum Gasteiger partial charge on any atom is 0.328 e. The van der Waals surface area contributed by atoms with Crippen LogP contribution >= 0.6 is 0 Å². The largest absolute Gasteiger partial charge is 0.354 e. The number of aromatic amines is 2. The SMILES string of the molecule is Cn1cc(C(=O)NCC(NC(=O)c2cc3c([nH]2)CCCC3)c2ccccc2)c(=O)[nH]c1=O. The van der Waals surface area contributed by atoms with E-state index in [-0.39, 0.29) is 18.0 Å². The normalized spacial score (nSPS) is 13.8. The van der Waals surface area contributed by atoms with E-state index in [1.165, 1.54) is 18.8 Å². The second-order valence-corrected chi connectivity index (χ2v) is 7.95. The number of nitrogens with zero attached hydrogens (tertiary/aromatic N) is 1. The van der Waals surface area contributed by atoms with Gasteiger partial charge in [0.2, 0.25) is 0 Å². The molecule has 1 atom stereocenters. The second kappa shape index (κ2) is 9.09. The summed E-state index contributed by atoms with van der Waals surface area (Å²) in [4.78, 5) is 54.4. The van der Waals surface area contributed by atoms with Gasteiger partial charge < -0.3 is 20.2 Å². The van der Waals surface area contributed by atoms with Gasteiger partial charge in [0.25, 0.3) is 17.4 Å². The van der Waals surface area contributed by atoms with Gasteiger partial charge in [-0.2, -0.15) is 0 Å². The summed E-state index contributed by atoms with van der Waals surface area (Å²) in [5.74, 6) is -0.894. The van der Waals surface area contributed by atoms with Crippen LogP contribution in [0.25, 0.3) is 0 Å². The van der Waals surface area contributed by atoms with Gasteiger partial charge in [-0.05, 0) is 42.9 Å². The van der Waals surface area contributed by atoms with Crippen LogP contribution in [0.3, 0.4) is 0 Å². The minimum atomic E-state index is -0.761. The predicted octanol–water partition coefficient (Wildman–Crippen LogP) is 1.18. The zero-order valence-corrected chi connectivity index (χ0v) is 17.7. The van der Waals surface area contributed by atoms with Crippen LogP contribution in [-0.4, -0.2) is 32.9 Å². The number of nitrogens with one attached hydrogen (secondary N) is 4. The number of hydrogen-bond donors (Lipinski definition) is 4. The van der Waals surface area contributed by atoms with Crippen LogP contribution in [-0.2, 0) is 19.9 Å². The average molecular weight is 435 g/mol. The summed E-state index contributed by atoms with van der Waals surface area (Å²) < 4.78 is 1.12. The number of carbonyl (C=O) groups is 2. The number of hydrogen-bond acceptors (Lipinski definition) is 4. The third-order valence-corrected chi connectivity index (χ3v) is 5.69. The van der Waals surface area contributed by atoms with E-state index in [0.717, 1.165) is 41.5 Å². The molecule has 0 radical (unpaired) electrons. The second-order valence-electron chi connectivity index (χ2n) is 7.95. The Labute approximate surface area is 183 Å². The van der Waals surface area contributed by atoms with Crippen molar-refractivity contribution < 1.29 is 9.59 Å². The Morgan fingerprint density at radius 2 is 1.81 bits per heavy atom. The quantitative estimate of drug-likeness (QED) is 0.463. The van der Waals surface area contributed by atoms with E-state index in [4.69, 9.17) is 0 Å². The van der Waals surface area contributed by atoms with Gasteiger partial charge in [-0.25, -0.2) is 4.79 Å². The number of H-pyrrole nitrogens is 2. The first kappa shape index (κ1) is 21.4. The Balaban J connectivity index is 1.51. The van der Waals surface area contributed by atoms with E-state index < -0.39 is 23.2 Å². The van der Waals surface area contributed by atoms with E-state index >= 15 is 0 Å². The monoisotopic (exact) mass is 435 g/mol. The van der Waals surface area contributed by atoms with Crippen LogP contribution in [0.2, 0.25) is 0 Å². The Morgan fingerprint density at radius 3 is 2.56 bits per heavy atom. The van der Waals surface area contributed by atoms with Crippen molar-refractivity contribution in [2.75, 3.05) is 6.54 Å². The fourth-order valence-corrected chi connectivity index (χ4v) is 3.91. The molecule has 0 aliphatic heterocycles. The van der Waals surface area contributed by atoms with Crippen LogP contribution in [0.4, 0.5) is 0 Å². The summed E-state index contributed by atoms with van der Waals surface area (Å²) in [5, 5.41) is 5.67. The molecule has 2 amide bonds. The molecule has 0 saturated heterocycles. The number of aryl methyl sites for hydroxylation is 3. The first-order chi connectivity index (χ1) is 15.4. The molecule has 9 nitrogen and oxygen atoms in total. The van der Waals surface area contributed by atoms with E-state index in [0.29, 0.717) is 5.69 Å². The van der Waals surface area contributed by atoms with Crippen LogP contribution in [0.15, 0.2) is 52.2 Å². The number of fused-ring (bicyclic) bond motifs is 1. The van der Waals surface area contributed by atoms with Gasteiger partial charge in [0, 0.05) is 25.5 Å². The van der Waals surface area contributed by atoms with Crippen molar-refractivity contribution in [2.24, 2.45) is 7.05 Å². The van der Waals surface area contributed by atoms with Crippen molar-refractivity contribution in [3.63, 3.8) is 0 Å². The lowest BCUT2D eigenvalue weighted by Gasteiger charge is -2.19. The van der Waals surface area contributed by atoms with Gasteiger partial charge in [-0.1, -0.05) is 30.3 Å². The highest BCUT2D eigenvalue weighted by atomic mass is 16.2. The van der Waals surface area contributed by atoms with Crippen LogP contribution in [0.1, 0.15) is 56.6 Å². The van der Waals surface area contributed by atoms with Gasteiger partial charge in [-0.15, -0.1) is 0 Å². The van der Waals surface area contributed by atoms with Crippen molar-refractivity contribution in [1.29, 1.82) is 0 Å². The summed E-state index contributed by atoms with van der Waals surface area (Å²) in [6, 6.07) is 10.7. The Hall–Kier alpha value is -3.88. The number of aromatic nitrogens is 3. The summed E-state index contributed by atoms with van der Waals surface area (Å²) in [5.41, 5.74) is 2.06. The molecule has 0 fully saturated rings. The maximum absolute atomic E-state index is 12.9. The molecule has 1 aromatic carbocycles. The number of benzene rings is 1. The molecule has 4 rings (SSSR count). The smallest absolute Gasteiger partial charge is 0.328 e. The number of rotatable bonds is 6. The van der Waals surface area contributed by atoms with Gasteiger partial charge in [0.05, 0.1) is 6.04 Å². The van der Waals surface area contributed by atoms with Crippen molar-refractivity contribution in [2.45, 2.75) is 31.7 Å². The molecule has 166 valence electrons. The van der Waals surface area contributed by atoms with Crippen molar-refractivity contribution in [1.82, 2.24) is 25.2 Å². The maximum atomic E-state index is 12.9. The Kier molecular flexibility index (Phi) is 6.07. The zero-order valence-electron chi connectivity index (χ0n) is 17.7. The molecule has 1 aliphatic rings. The first-order valence-electron chi connectivity index (χ1n) is 10.6. The number of amides is 2. The summed E-state index contributed by atoms with van der Waals surface area (Å²) in [6.45, 7) is 0.0668. The Bertz CT molecular complexity index is 1230. The lowest BCUT2D eigenvalue weighted by molar-refractivity contribution is 0.0904. The first-order valence-corrected chi connectivity index (χ1v) is 10.6. The highest BCUT2D eigenvalue weighted by molar-refractivity contribution is 5.94. The molecule has 1 aliphatic carbocycles. The third kappa shape index (κ3) is 4.56. The molecule has 0 bridgehead atoms. The molecule has 4 N–H and O–H groups in total. The zero-order chi connectivity index (χ0) is 22.7. The van der Waals surface area contributed by atoms with Gasteiger partial charge in [0.1, 0.15) is 11.3 Å². The lowest BCUT2D eigenvalue weighted by Crippen LogP contribution is -2.41. The van der Waals surface area contributed by atoms with E-state index in [1.807, 2.05) is 36.4 Å². The molecule has 1 unspecified atom stereocenters. The fourth-order valence-electron chi connectivity index (χ4n) is 3.91. The highest BCUT2D eigenvalue weighted by Gasteiger charge is 2.21. The Morgan fingerprint density at radius 1 is 1.06 bits per heavy atom. The summed E-state index contributed by atoms with van der Waals surface area (Å²) in [7, 11) is 1.44. The third-order valence-electron chi connectivity index (χ3n) is 5.69. The van der Waals surface area contributed by atoms with Crippen LogP contribution in [0, 0.1) is 0 Å². The molecule has 2 heterocycles. The van der Waals surface area contributed by atoms with E-state index in [2.05, 4.69) is 20.6 Å². The standard InChI is InChI=1S/C23H25N5O4/c1-28-13-16(21(30)27-23(28)32)20(29)24-12-19(14-7-3-2-4-8-14)26-22(31)18-11-15-9-5-6-10-17(15)25-18/h2-4,7-8,11,13,19,25H,5-6,9-10,12H2,1H3,(H,24,29)(H,26,31)(H,27,30,32). The predicted molar refractivity (Wildman–Crippen MR) is 119 cm³/mol. The van der Waals surface area contributed by atoms with Gasteiger partial charge >= 0.3 is 5.69 Å². The average Bonchev–Trinajstić information content (AvgIpc) is 3.24. The van der Waals surface area contributed by atoms with Gasteiger partial charge in [0.15, 0.2) is 0 Å². The summed E-state index contributed by atoms with van der Waals surface area (Å²) >= 11 is 0. The molecule has 3 aromatic rings. The van der Waals surface area contributed by atoms with Crippen molar-refractivity contribution in [3.8, 4) is 0 Å². The molecular weight excluding hydrogens is 410 g/mol. The lowest BCUT2D eigenvalue weighted by atomic mass is 9.98. The van der Waals surface area contributed by atoms with Crippen molar-refractivity contribution in [3.05, 3.63) is 91.5 Å². The molecule has 9 heteroatoms. The minimum absolute atomic E-state index is 0.0668.